The number of nitrogens with zero attached hydrogens (tertiary/aromatic N) is 2. The molecule has 2 amide bonds. The normalized spacial score (nSPS) is 18.0. The zero-order valence-electron chi connectivity index (χ0n) is 17.2. The van der Waals surface area contributed by atoms with E-state index in [0.29, 0.717) is 18.9 Å². The molecule has 0 aliphatic carbocycles. The number of aryl methyl sites for hydroxylation is 1. The summed E-state index contributed by atoms with van der Waals surface area (Å²) in [6, 6.07) is 6.24. The van der Waals surface area contributed by atoms with E-state index in [1.54, 1.807) is 0 Å². The molecule has 1 aromatic heterocycles. The lowest BCUT2D eigenvalue weighted by molar-refractivity contribution is -0.128. The van der Waals surface area contributed by atoms with Crippen LogP contribution in [0.5, 0.6) is 0 Å². The van der Waals surface area contributed by atoms with Gasteiger partial charge in [0.15, 0.2) is 0 Å². The first-order valence-corrected chi connectivity index (χ1v) is 9.70. The summed E-state index contributed by atoms with van der Waals surface area (Å²) in [5.74, 6) is 0.0892. The predicted molar refractivity (Wildman–Crippen MR) is 107 cm³/mol. The Hall–Kier alpha value is -2.30. The van der Waals surface area contributed by atoms with Crippen molar-refractivity contribution in [3.63, 3.8) is 0 Å². The molecule has 0 N–H and O–H groups in total. The summed E-state index contributed by atoms with van der Waals surface area (Å²) in [4.78, 5) is 26.4. The highest BCUT2D eigenvalue weighted by Gasteiger charge is 2.38. The first-order chi connectivity index (χ1) is 12.6. The van der Waals surface area contributed by atoms with E-state index in [9.17, 15) is 9.59 Å². The molecule has 1 unspecified atom stereocenters. The van der Waals surface area contributed by atoms with Gasteiger partial charge in [-0.05, 0) is 57.2 Å². The third-order valence-corrected chi connectivity index (χ3v) is 4.89. The van der Waals surface area contributed by atoms with Crippen molar-refractivity contribution < 1.29 is 14.3 Å². The fourth-order valence-corrected chi connectivity index (χ4v) is 3.74. The predicted octanol–water partition coefficient (Wildman–Crippen LogP) is 4.86. The summed E-state index contributed by atoms with van der Waals surface area (Å²) in [6.07, 6.45) is 2.26. The number of carbonyl (C=O) groups is 2. The summed E-state index contributed by atoms with van der Waals surface area (Å²) >= 11 is 0. The lowest BCUT2D eigenvalue weighted by Crippen LogP contribution is -2.38. The van der Waals surface area contributed by atoms with Crippen molar-refractivity contribution in [2.24, 2.45) is 5.92 Å². The van der Waals surface area contributed by atoms with Crippen molar-refractivity contribution in [1.82, 2.24) is 9.47 Å². The molecule has 0 bridgehead atoms. The van der Waals surface area contributed by atoms with Crippen LogP contribution >= 0.6 is 0 Å². The van der Waals surface area contributed by atoms with E-state index in [1.165, 1.54) is 15.8 Å². The molecule has 1 fully saturated rings. The van der Waals surface area contributed by atoms with Crippen LogP contribution in [0.15, 0.2) is 24.4 Å². The van der Waals surface area contributed by atoms with Crippen molar-refractivity contribution in [2.75, 3.05) is 6.54 Å². The second kappa shape index (κ2) is 7.02. The van der Waals surface area contributed by atoms with Gasteiger partial charge in [-0.1, -0.05) is 26.0 Å². The molecule has 1 aliphatic heterocycles. The first-order valence-electron chi connectivity index (χ1n) is 9.70. The zero-order chi connectivity index (χ0) is 19.9. The minimum absolute atomic E-state index is 0.165. The quantitative estimate of drug-likeness (QED) is 0.775. The molecule has 1 aliphatic rings. The highest BCUT2D eigenvalue weighted by Crippen LogP contribution is 2.33. The smallest absolute Gasteiger partial charge is 0.417 e. The number of amides is 2. The highest BCUT2D eigenvalue weighted by atomic mass is 16.6. The Morgan fingerprint density at radius 2 is 2.00 bits per heavy atom. The molecular formula is C22H30N2O3. The number of imide groups is 1. The summed E-state index contributed by atoms with van der Waals surface area (Å²) in [7, 11) is 0. The largest absolute Gasteiger partial charge is 0.443 e. The van der Waals surface area contributed by atoms with E-state index >= 15 is 0 Å². The van der Waals surface area contributed by atoms with Crippen LogP contribution in [-0.4, -0.2) is 33.6 Å². The molecule has 27 heavy (non-hydrogen) atoms. The minimum Gasteiger partial charge on any atom is -0.443 e. The minimum atomic E-state index is -0.608. The maximum atomic E-state index is 12.9. The molecule has 1 saturated heterocycles. The van der Waals surface area contributed by atoms with Crippen LogP contribution in [0.1, 0.15) is 58.1 Å². The molecule has 3 rings (SSSR count). The Morgan fingerprint density at radius 3 is 2.63 bits per heavy atom. The zero-order valence-corrected chi connectivity index (χ0v) is 17.2. The van der Waals surface area contributed by atoms with Gasteiger partial charge in [-0.25, -0.2) is 9.69 Å². The lowest BCUT2D eigenvalue weighted by Gasteiger charge is -2.23. The fourth-order valence-electron chi connectivity index (χ4n) is 3.74. The Bertz CT molecular complexity index is 874. The van der Waals surface area contributed by atoms with Crippen molar-refractivity contribution in [2.45, 2.75) is 66.0 Å². The van der Waals surface area contributed by atoms with Crippen LogP contribution in [0.4, 0.5) is 4.79 Å². The molecule has 0 saturated carbocycles. The SMILES string of the molecule is Cc1cn(CC(C)C)c2cc(C3CCN(C(=O)OC(C)(C)C)C3=O)ccc12. The molecule has 5 nitrogen and oxygen atoms in total. The molecule has 1 aromatic carbocycles. The van der Waals surface area contributed by atoms with E-state index in [-0.39, 0.29) is 11.8 Å². The second-order valence-corrected chi connectivity index (χ2v) is 8.95. The van der Waals surface area contributed by atoms with Crippen molar-refractivity contribution >= 4 is 22.9 Å². The van der Waals surface area contributed by atoms with Gasteiger partial charge in [0.05, 0.1) is 5.92 Å². The number of fused-ring (bicyclic) bond motifs is 1. The Labute approximate surface area is 161 Å². The lowest BCUT2D eigenvalue weighted by atomic mass is 9.96. The molecular weight excluding hydrogens is 340 g/mol. The van der Waals surface area contributed by atoms with Gasteiger partial charge in [0, 0.05) is 30.2 Å². The van der Waals surface area contributed by atoms with E-state index in [4.69, 9.17) is 4.74 Å². The van der Waals surface area contributed by atoms with E-state index in [2.05, 4.69) is 43.7 Å². The number of rotatable bonds is 3. The third-order valence-electron chi connectivity index (χ3n) is 4.89. The number of aromatic nitrogens is 1. The highest BCUT2D eigenvalue weighted by molar-refractivity contribution is 5.98. The summed E-state index contributed by atoms with van der Waals surface area (Å²) in [5.41, 5.74) is 2.76. The second-order valence-electron chi connectivity index (χ2n) is 8.95. The number of likely N-dealkylation sites (tertiary alicyclic amines) is 1. The van der Waals surface area contributed by atoms with Gasteiger partial charge in [0.2, 0.25) is 5.91 Å². The van der Waals surface area contributed by atoms with E-state index in [1.807, 2.05) is 26.8 Å². The molecule has 2 aromatic rings. The topological polar surface area (TPSA) is 51.5 Å². The average Bonchev–Trinajstić information content (AvgIpc) is 3.06. The maximum absolute atomic E-state index is 12.9. The van der Waals surface area contributed by atoms with Crippen molar-refractivity contribution in [3.8, 4) is 0 Å². The van der Waals surface area contributed by atoms with Crippen LogP contribution < -0.4 is 0 Å². The van der Waals surface area contributed by atoms with Crippen LogP contribution in [0.3, 0.4) is 0 Å². The summed E-state index contributed by atoms with van der Waals surface area (Å²) in [5, 5.41) is 1.22. The molecule has 1 atom stereocenters. The number of hydrogen-bond acceptors (Lipinski definition) is 3. The number of ether oxygens (including phenoxy) is 1. The van der Waals surface area contributed by atoms with Gasteiger partial charge in [-0.2, -0.15) is 0 Å². The molecule has 5 heteroatoms. The standard InChI is InChI=1S/C22H30N2O3/c1-14(2)12-23-13-15(3)17-8-7-16(11-19(17)23)18-9-10-24(20(18)25)21(26)27-22(4,5)6/h7-8,11,13-14,18H,9-10,12H2,1-6H3. The van der Waals surface area contributed by atoms with E-state index in [0.717, 1.165) is 17.6 Å². The van der Waals surface area contributed by atoms with Crippen molar-refractivity contribution in [1.29, 1.82) is 0 Å². The number of carbonyl (C=O) groups excluding carboxylic acids is 2. The van der Waals surface area contributed by atoms with Gasteiger partial charge in [0.1, 0.15) is 5.60 Å². The molecule has 0 spiro atoms. The first kappa shape index (κ1) is 19.5. The van der Waals surface area contributed by atoms with Gasteiger partial charge in [-0.3, -0.25) is 4.79 Å². The Kier molecular flexibility index (Phi) is 5.06. The van der Waals surface area contributed by atoms with Crippen LogP contribution in [0.25, 0.3) is 10.9 Å². The van der Waals surface area contributed by atoms with Gasteiger partial charge in [0.25, 0.3) is 0 Å². The number of benzene rings is 1. The van der Waals surface area contributed by atoms with Crippen LogP contribution in [-0.2, 0) is 16.1 Å². The Balaban J connectivity index is 1.87. The van der Waals surface area contributed by atoms with Crippen LogP contribution in [0, 0.1) is 12.8 Å². The average molecular weight is 370 g/mol. The van der Waals surface area contributed by atoms with Crippen molar-refractivity contribution in [3.05, 3.63) is 35.5 Å². The fraction of sp³-hybridized carbons (Fsp3) is 0.545. The van der Waals surface area contributed by atoms with Gasteiger partial charge in [-0.15, -0.1) is 0 Å². The molecule has 2 heterocycles. The number of hydrogen-bond donors (Lipinski definition) is 0. The Morgan fingerprint density at radius 1 is 1.30 bits per heavy atom. The summed E-state index contributed by atoms with van der Waals surface area (Å²) < 4.78 is 7.64. The summed E-state index contributed by atoms with van der Waals surface area (Å²) in [6.45, 7) is 13.3. The van der Waals surface area contributed by atoms with Crippen LogP contribution in [0.2, 0.25) is 0 Å². The molecule has 0 radical (unpaired) electrons. The third kappa shape index (κ3) is 4.02. The van der Waals surface area contributed by atoms with Gasteiger partial charge < -0.3 is 9.30 Å². The van der Waals surface area contributed by atoms with Gasteiger partial charge >= 0.3 is 6.09 Å². The maximum Gasteiger partial charge on any atom is 0.417 e. The van der Waals surface area contributed by atoms with E-state index < -0.39 is 11.7 Å². The monoisotopic (exact) mass is 370 g/mol. The molecule has 146 valence electrons.